The monoisotopic (exact) mass is 397 g/mol. The van der Waals surface area contributed by atoms with Crippen LogP contribution in [0.1, 0.15) is 45.4 Å². The van der Waals surface area contributed by atoms with Crippen LogP contribution in [0.3, 0.4) is 0 Å². The van der Waals surface area contributed by atoms with Gasteiger partial charge in [0.25, 0.3) is 0 Å². The van der Waals surface area contributed by atoms with Gasteiger partial charge in [0.05, 0.1) is 6.61 Å². The fraction of sp³-hybridized carbons (Fsp3) is 0.846. The Morgan fingerprint density at radius 2 is 1.85 bits per heavy atom. The lowest BCUT2D eigenvalue weighted by molar-refractivity contribution is -0.143. The Morgan fingerprint density at radius 3 is 2.45 bits per heavy atom. The minimum absolute atomic E-state index is 0.139. The van der Waals surface area contributed by atoms with Crippen molar-refractivity contribution in [2.45, 2.75) is 57.5 Å². The van der Waals surface area contributed by atoms with Gasteiger partial charge < -0.3 is 15.4 Å². The average Bonchev–Trinajstić information content (AvgIpc) is 2.45. The highest BCUT2D eigenvalue weighted by atomic mass is 127. The van der Waals surface area contributed by atoms with Crippen LogP contribution in [0.2, 0.25) is 0 Å². The summed E-state index contributed by atoms with van der Waals surface area (Å²) in [5.41, 5.74) is 0. The minimum atomic E-state index is -0.209. The van der Waals surface area contributed by atoms with E-state index in [1.165, 1.54) is 0 Å². The Kier molecular flexibility index (Phi) is 8.92. The molecule has 0 saturated heterocycles. The molecule has 3 N–H and O–H groups in total. The van der Waals surface area contributed by atoms with Gasteiger partial charge in [0, 0.05) is 47.9 Å². The third kappa shape index (κ3) is 7.28. The van der Waals surface area contributed by atoms with Crippen molar-refractivity contribution in [2.24, 2.45) is 0 Å². The number of rotatable bonds is 7. The normalized spacial score (nSPS) is 22.1. The molecule has 0 aromatic heterocycles. The van der Waals surface area contributed by atoms with Gasteiger partial charge in [0.2, 0.25) is 0 Å². The molecule has 0 unspecified atom stereocenters. The molecule has 1 aliphatic carbocycles. The SMILES string of the molecule is CCOC(=O)CCCNC(=O)NC1CCC(NI)CC1. The molecule has 116 valence electrons. The average molecular weight is 397 g/mol. The molecule has 1 aliphatic rings. The van der Waals surface area contributed by atoms with Gasteiger partial charge in [-0.05, 0) is 39.0 Å². The van der Waals surface area contributed by atoms with E-state index in [9.17, 15) is 9.59 Å². The first kappa shape index (κ1) is 17.5. The Morgan fingerprint density at radius 1 is 1.20 bits per heavy atom. The first-order valence-corrected chi connectivity index (χ1v) is 8.29. The number of hydrogen-bond acceptors (Lipinski definition) is 4. The fourth-order valence-electron chi connectivity index (χ4n) is 2.25. The van der Waals surface area contributed by atoms with Gasteiger partial charge in [-0.25, -0.2) is 4.79 Å². The van der Waals surface area contributed by atoms with Crippen LogP contribution in [0.15, 0.2) is 0 Å². The number of urea groups is 1. The van der Waals surface area contributed by atoms with Gasteiger partial charge in [0.1, 0.15) is 0 Å². The van der Waals surface area contributed by atoms with E-state index in [-0.39, 0.29) is 18.0 Å². The van der Waals surface area contributed by atoms with Crippen molar-refractivity contribution in [3.63, 3.8) is 0 Å². The van der Waals surface area contributed by atoms with Crippen molar-refractivity contribution in [1.29, 1.82) is 0 Å². The van der Waals surface area contributed by atoms with Gasteiger partial charge in [-0.1, -0.05) is 0 Å². The van der Waals surface area contributed by atoms with Crippen LogP contribution in [0.4, 0.5) is 4.79 Å². The van der Waals surface area contributed by atoms with Crippen molar-refractivity contribution in [3.05, 3.63) is 0 Å². The molecule has 0 atom stereocenters. The molecular weight excluding hydrogens is 373 g/mol. The predicted octanol–water partition coefficient (Wildman–Crippen LogP) is 1.88. The molecule has 1 rings (SSSR count). The molecule has 0 heterocycles. The maximum absolute atomic E-state index is 11.7. The van der Waals surface area contributed by atoms with Gasteiger partial charge in [-0.3, -0.25) is 8.32 Å². The van der Waals surface area contributed by atoms with Crippen LogP contribution < -0.4 is 14.2 Å². The molecule has 0 aliphatic heterocycles. The van der Waals surface area contributed by atoms with E-state index >= 15 is 0 Å². The second-order valence-corrected chi connectivity index (χ2v) is 5.59. The number of halogens is 1. The van der Waals surface area contributed by atoms with E-state index in [4.69, 9.17) is 4.74 Å². The topological polar surface area (TPSA) is 79.5 Å². The zero-order valence-electron chi connectivity index (χ0n) is 11.9. The summed E-state index contributed by atoms with van der Waals surface area (Å²) in [7, 11) is 0. The second kappa shape index (κ2) is 10.2. The lowest BCUT2D eigenvalue weighted by Crippen LogP contribution is -2.45. The fourth-order valence-corrected chi connectivity index (χ4v) is 2.87. The smallest absolute Gasteiger partial charge is 0.315 e. The highest BCUT2D eigenvalue weighted by Gasteiger charge is 2.21. The number of hydrogen-bond donors (Lipinski definition) is 3. The van der Waals surface area contributed by atoms with E-state index in [2.05, 4.69) is 37.0 Å². The summed E-state index contributed by atoms with van der Waals surface area (Å²) in [6, 6.07) is 0.696. The molecular formula is C13H24IN3O3. The Balaban J connectivity index is 2.05. The van der Waals surface area contributed by atoms with Gasteiger partial charge in [0.15, 0.2) is 0 Å². The summed E-state index contributed by atoms with van der Waals surface area (Å²) in [4.78, 5) is 22.8. The molecule has 1 saturated carbocycles. The summed E-state index contributed by atoms with van der Waals surface area (Å²) < 4.78 is 8.06. The van der Waals surface area contributed by atoms with E-state index in [1.807, 2.05) is 0 Å². The van der Waals surface area contributed by atoms with E-state index in [0.29, 0.717) is 32.0 Å². The minimum Gasteiger partial charge on any atom is -0.466 e. The van der Waals surface area contributed by atoms with E-state index in [0.717, 1.165) is 25.7 Å². The molecule has 0 aromatic carbocycles. The molecule has 0 aromatic rings. The molecule has 1 fully saturated rings. The maximum Gasteiger partial charge on any atom is 0.315 e. The van der Waals surface area contributed by atoms with Crippen molar-refractivity contribution in [2.75, 3.05) is 13.2 Å². The highest BCUT2D eigenvalue weighted by molar-refractivity contribution is 14.1. The standard InChI is InChI=1S/C13H24IN3O3/c1-2-20-12(18)4-3-9-15-13(19)16-10-5-7-11(17-14)8-6-10/h10-11,17H,2-9H2,1H3,(H2,15,16,19). The lowest BCUT2D eigenvalue weighted by atomic mass is 9.92. The highest BCUT2D eigenvalue weighted by Crippen LogP contribution is 2.19. The van der Waals surface area contributed by atoms with Crippen LogP contribution in [-0.2, 0) is 9.53 Å². The zero-order chi connectivity index (χ0) is 14.8. The Bertz CT molecular complexity index is 307. The third-order valence-corrected chi connectivity index (χ3v) is 4.25. The molecule has 7 heteroatoms. The van der Waals surface area contributed by atoms with E-state index < -0.39 is 0 Å². The second-order valence-electron chi connectivity index (χ2n) is 4.97. The number of carbonyl (C=O) groups excluding carboxylic acids is 2. The number of ether oxygens (including phenoxy) is 1. The first-order valence-electron chi connectivity index (χ1n) is 7.21. The third-order valence-electron chi connectivity index (χ3n) is 3.37. The zero-order valence-corrected chi connectivity index (χ0v) is 14.1. The molecule has 2 amide bonds. The van der Waals surface area contributed by atoms with Crippen molar-refractivity contribution >= 4 is 34.9 Å². The quantitative estimate of drug-likeness (QED) is 0.265. The summed E-state index contributed by atoms with van der Waals surface area (Å²) in [6.45, 7) is 2.68. The lowest BCUT2D eigenvalue weighted by Gasteiger charge is -2.28. The number of carbonyl (C=O) groups is 2. The van der Waals surface area contributed by atoms with Crippen LogP contribution in [0.25, 0.3) is 0 Å². The number of amides is 2. The number of esters is 1. The van der Waals surface area contributed by atoms with Crippen molar-refractivity contribution in [1.82, 2.24) is 14.2 Å². The van der Waals surface area contributed by atoms with Crippen molar-refractivity contribution < 1.29 is 14.3 Å². The largest absolute Gasteiger partial charge is 0.466 e. The summed E-state index contributed by atoms with van der Waals surface area (Å²) in [6.07, 6.45) is 5.17. The van der Waals surface area contributed by atoms with Crippen LogP contribution >= 0.6 is 22.9 Å². The Labute approximate surface area is 134 Å². The van der Waals surface area contributed by atoms with E-state index in [1.54, 1.807) is 6.92 Å². The summed E-state index contributed by atoms with van der Waals surface area (Å²) in [5, 5.41) is 5.76. The van der Waals surface area contributed by atoms with Crippen molar-refractivity contribution in [3.8, 4) is 0 Å². The van der Waals surface area contributed by atoms with Crippen LogP contribution in [0.5, 0.6) is 0 Å². The molecule has 20 heavy (non-hydrogen) atoms. The van der Waals surface area contributed by atoms with Gasteiger partial charge in [-0.2, -0.15) is 0 Å². The van der Waals surface area contributed by atoms with Crippen LogP contribution in [0, 0.1) is 0 Å². The molecule has 0 spiro atoms. The van der Waals surface area contributed by atoms with Crippen LogP contribution in [-0.4, -0.2) is 37.2 Å². The predicted molar refractivity (Wildman–Crippen MR) is 85.6 cm³/mol. The van der Waals surface area contributed by atoms with Gasteiger partial charge >= 0.3 is 12.0 Å². The Hall–Kier alpha value is -0.570. The first-order chi connectivity index (χ1) is 9.65. The molecule has 0 radical (unpaired) electrons. The maximum atomic E-state index is 11.7. The molecule has 0 bridgehead atoms. The summed E-state index contributed by atoms with van der Waals surface area (Å²) in [5.74, 6) is -0.209. The number of nitrogens with one attached hydrogen (secondary N) is 3. The molecule has 6 nitrogen and oxygen atoms in total. The van der Waals surface area contributed by atoms with Gasteiger partial charge in [-0.15, -0.1) is 0 Å². The summed E-state index contributed by atoms with van der Waals surface area (Å²) >= 11 is 2.19.